The molecule has 108 valence electrons. The maximum atomic E-state index is 6.09. The minimum absolute atomic E-state index is 0.0242. The van der Waals surface area contributed by atoms with Crippen LogP contribution in [-0.2, 0) is 0 Å². The number of nitrogens with two attached hydrogens (primary N) is 1. The molecule has 0 radical (unpaired) electrons. The molecule has 2 aromatic heterocycles. The van der Waals surface area contributed by atoms with Gasteiger partial charge in [0.05, 0.1) is 17.6 Å². The molecule has 1 aliphatic rings. The van der Waals surface area contributed by atoms with E-state index in [0.29, 0.717) is 6.04 Å². The Morgan fingerprint density at radius 2 is 2.25 bits per heavy atom. The monoisotopic (exact) mass is 293 g/mol. The maximum absolute atomic E-state index is 6.09. The molecule has 2 aromatic rings. The van der Waals surface area contributed by atoms with Gasteiger partial charge in [0, 0.05) is 6.04 Å². The molecule has 2 N–H and O–H groups in total. The predicted molar refractivity (Wildman–Crippen MR) is 76.3 cm³/mol. The Morgan fingerprint density at radius 3 is 2.90 bits per heavy atom. The molecule has 0 saturated heterocycles. The number of aromatic nitrogens is 4. The topological polar surface area (TPSA) is 82.8 Å². The van der Waals surface area contributed by atoms with Gasteiger partial charge in [0.15, 0.2) is 0 Å². The van der Waals surface area contributed by atoms with E-state index in [2.05, 4.69) is 15.5 Å². The molecule has 2 atom stereocenters. The number of tetrazole rings is 1. The third kappa shape index (κ3) is 2.73. The Balaban J connectivity index is 1.80. The summed E-state index contributed by atoms with van der Waals surface area (Å²) in [5.41, 5.74) is 6.09. The highest BCUT2D eigenvalue weighted by Crippen LogP contribution is 2.38. The van der Waals surface area contributed by atoms with Crippen LogP contribution in [0.1, 0.15) is 49.7 Å². The largest absolute Gasteiger partial charge is 0.468 e. The van der Waals surface area contributed by atoms with Crippen molar-refractivity contribution in [3.8, 4) is 0 Å². The molecule has 0 aromatic carbocycles. The van der Waals surface area contributed by atoms with Gasteiger partial charge in [0.1, 0.15) is 5.76 Å². The summed E-state index contributed by atoms with van der Waals surface area (Å²) in [4.78, 5) is 0. The molecule has 1 aliphatic carbocycles. The summed E-state index contributed by atoms with van der Waals surface area (Å²) in [6.07, 6.45) is 6.49. The highest BCUT2D eigenvalue weighted by atomic mass is 32.2. The number of thioether (sulfide) groups is 1. The lowest BCUT2D eigenvalue weighted by Crippen LogP contribution is -2.23. The van der Waals surface area contributed by atoms with Gasteiger partial charge in [-0.1, -0.05) is 24.6 Å². The van der Waals surface area contributed by atoms with Crippen molar-refractivity contribution in [1.82, 2.24) is 20.2 Å². The van der Waals surface area contributed by atoms with Crippen LogP contribution in [0.3, 0.4) is 0 Å². The van der Waals surface area contributed by atoms with Crippen LogP contribution < -0.4 is 5.73 Å². The summed E-state index contributed by atoms with van der Waals surface area (Å²) in [7, 11) is 0. The van der Waals surface area contributed by atoms with Crippen molar-refractivity contribution in [3.63, 3.8) is 0 Å². The standard InChI is InChI=1S/C13H19N5OS/c1-9(14)12(11-7-4-8-19-11)20-13-15-16-17-18(13)10-5-2-3-6-10/h4,7-10,12H,2-3,5-6,14H2,1H3. The molecule has 0 bridgehead atoms. The molecule has 20 heavy (non-hydrogen) atoms. The molecular formula is C13H19N5OS. The Morgan fingerprint density at radius 1 is 1.45 bits per heavy atom. The second-order valence-electron chi connectivity index (χ2n) is 5.26. The quantitative estimate of drug-likeness (QED) is 0.853. The summed E-state index contributed by atoms with van der Waals surface area (Å²) < 4.78 is 7.45. The van der Waals surface area contributed by atoms with Crippen molar-refractivity contribution < 1.29 is 4.42 Å². The fourth-order valence-electron chi connectivity index (χ4n) is 2.63. The summed E-state index contributed by atoms with van der Waals surface area (Å²) in [5.74, 6) is 0.867. The van der Waals surface area contributed by atoms with E-state index in [1.807, 2.05) is 23.7 Å². The SMILES string of the molecule is CC(N)C(Sc1nnnn1C1CCCC1)c1ccco1. The van der Waals surface area contributed by atoms with Gasteiger partial charge in [0.2, 0.25) is 5.16 Å². The van der Waals surface area contributed by atoms with E-state index in [1.54, 1.807) is 18.0 Å². The van der Waals surface area contributed by atoms with E-state index in [4.69, 9.17) is 10.2 Å². The first kappa shape index (κ1) is 13.6. The van der Waals surface area contributed by atoms with Crippen LogP contribution in [0.4, 0.5) is 0 Å². The van der Waals surface area contributed by atoms with Crippen LogP contribution in [0, 0.1) is 0 Å². The third-order valence-electron chi connectivity index (χ3n) is 3.67. The van der Waals surface area contributed by atoms with Crippen molar-refractivity contribution in [2.45, 2.75) is 55.1 Å². The second kappa shape index (κ2) is 5.97. The number of hydrogen-bond acceptors (Lipinski definition) is 6. The van der Waals surface area contributed by atoms with Gasteiger partial charge in [-0.05, 0) is 42.3 Å². The van der Waals surface area contributed by atoms with Gasteiger partial charge >= 0.3 is 0 Å². The molecule has 0 amide bonds. The van der Waals surface area contributed by atoms with Crippen LogP contribution in [0.25, 0.3) is 0 Å². The van der Waals surface area contributed by atoms with Crippen molar-refractivity contribution in [2.24, 2.45) is 5.73 Å². The van der Waals surface area contributed by atoms with Crippen LogP contribution in [-0.4, -0.2) is 26.2 Å². The third-order valence-corrected chi connectivity index (χ3v) is 5.06. The van der Waals surface area contributed by atoms with Gasteiger partial charge in [-0.3, -0.25) is 0 Å². The average molecular weight is 293 g/mol. The molecule has 2 unspecified atom stereocenters. The summed E-state index contributed by atoms with van der Waals surface area (Å²) in [5, 5.41) is 13.0. The van der Waals surface area contributed by atoms with Crippen molar-refractivity contribution in [1.29, 1.82) is 0 Å². The molecule has 0 aliphatic heterocycles. The Hall–Kier alpha value is -1.34. The number of nitrogens with zero attached hydrogens (tertiary/aromatic N) is 4. The van der Waals surface area contributed by atoms with Crippen LogP contribution in [0.15, 0.2) is 28.0 Å². The Labute approximate surface area is 122 Å². The predicted octanol–water partition coefficient (Wildman–Crippen LogP) is 2.56. The fourth-order valence-corrected chi connectivity index (χ4v) is 3.70. The first-order valence-corrected chi connectivity index (χ1v) is 7.87. The average Bonchev–Trinajstić information content (AvgIpc) is 3.16. The van der Waals surface area contributed by atoms with E-state index >= 15 is 0 Å². The van der Waals surface area contributed by atoms with Gasteiger partial charge in [0.25, 0.3) is 0 Å². The maximum Gasteiger partial charge on any atom is 0.210 e. The Bertz CT molecular complexity index is 533. The van der Waals surface area contributed by atoms with Gasteiger partial charge < -0.3 is 10.2 Å². The van der Waals surface area contributed by atoms with Crippen molar-refractivity contribution in [3.05, 3.63) is 24.2 Å². The molecule has 2 heterocycles. The lowest BCUT2D eigenvalue weighted by Gasteiger charge is -2.18. The number of rotatable bonds is 5. The van der Waals surface area contributed by atoms with Gasteiger partial charge in [-0.25, -0.2) is 4.68 Å². The first-order valence-electron chi connectivity index (χ1n) is 6.99. The number of hydrogen-bond donors (Lipinski definition) is 1. The van der Waals surface area contributed by atoms with E-state index in [1.165, 1.54) is 12.8 Å². The fraction of sp³-hybridized carbons (Fsp3) is 0.615. The smallest absolute Gasteiger partial charge is 0.210 e. The minimum Gasteiger partial charge on any atom is -0.468 e. The van der Waals surface area contributed by atoms with E-state index < -0.39 is 0 Å². The molecular weight excluding hydrogens is 274 g/mol. The number of furan rings is 1. The summed E-state index contributed by atoms with van der Waals surface area (Å²) in [6, 6.07) is 4.22. The summed E-state index contributed by atoms with van der Waals surface area (Å²) >= 11 is 1.58. The highest BCUT2D eigenvalue weighted by molar-refractivity contribution is 7.99. The first-order chi connectivity index (χ1) is 9.75. The van der Waals surface area contributed by atoms with E-state index in [9.17, 15) is 0 Å². The van der Waals surface area contributed by atoms with Gasteiger partial charge in [-0.15, -0.1) is 5.10 Å². The molecule has 0 spiro atoms. The van der Waals surface area contributed by atoms with E-state index in [0.717, 1.165) is 23.8 Å². The highest BCUT2D eigenvalue weighted by Gasteiger charge is 2.27. The van der Waals surface area contributed by atoms with Crippen molar-refractivity contribution in [2.75, 3.05) is 0 Å². The molecule has 1 saturated carbocycles. The zero-order chi connectivity index (χ0) is 13.9. The lowest BCUT2D eigenvalue weighted by atomic mass is 10.2. The van der Waals surface area contributed by atoms with E-state index in [-0.39, 0.29) is 11.3 Å². The normalized spacial score (nSPS) is 19.3. The molecule has 7 heteroatoms. The van der Waals surface area contributed by atoms with Crippen LogP contribution in [0.5, 0.6) is 0 Å². The lowest BCUT2D eigenvalue weighted by molar-refractivity contribution is 0.421. The van der Waals surface area contributed by atoms with Gasteiger partial charge in [-0.2, -0.15) is 0 Å². The molecule has 3 rings (SSSR count). The second-order valence-corrected chi connectivity index (χ2v) is 6.37. The van der Waals surface area contributed by atoms with Crippen LogP contribution >= 0.6 is 11.8 Å². The van der Waals surface area contributed by atoms with Crippen molar-refractivity contribution >= 4 is 11.8 Å². The zero-order valence-electron chi connectivity index (χ0n) is 11.5. The molecule has 1 fully saturated rings. The van der Waals surface area contributed by atoms with Crippen LogP contribution in [0.2, 0.25) is 0 Å². The minimum atomic E-state index is -0.0418. The molecule has 6 nitrogen and oxygen atoms in total. The summed E-state index contributed by atoms with van der Waals surface area (Å²) in [6.45, 7) is 1.98. The zero-order valence-corrected chi connectivity index (χ0v) is 12.3. The Kier molecular flexibility index (Phi) is 4.07.